The molecule has 0 aromatic heterocycles. The molecule has 2 N–H and O–H groups in total. The number of carbonyl (C=O) groups is 4. The second-order valence-corrected chi connectivity index (χ2v) is 16.3. The molecule has 2 heterocycles. The van der Waals surface area contributed by atoms with Gasteiger partial charge in [-0.15, -0.1) is 0 Å². The second-order valence-electron chi connectivity index (χ2n) is 16.3. The number of non-ortho nitro benzene ring substituents is 1. The molecule has 18 heteroatoms. The van der Waals surface area contributed by atoms with Crippen LogP contribution in [0.15, 0.2) is 118 Å². The van der Waals surface area contributed by atoms with Crippen molar-refractivity contribution in [3.05, 3.63) is 150 Å². The molecular formula is C47H51F3N4O11. The molecule has 2 unspecified atom stereocenters. The number of alkyl halides is 2. The average Bonchev–Trinajstić information content (AvgIpc) is 3.23. The third kappa shape index (κ3) is 11.8. The first-order chi connectivity index (χ1) is 30.7. The summed E-state index contributed by atoms with van der Waals surface area (Å²) < 4.78 is 69.6. The highest BCUT2D eigenvalue weighted by Crippen LogP contribution is 2.44. The third-order valence-corrected chi connectivity index (χ3v) is 10.7. The van der Waals surface area contributed by atoms with Gasteiger partial charge in [0.15, 0.2) is 0 Å². The van der Waals surface area contributed by atoms with Gasteiger partial charge in [0.1, 0.15) is 24.8 Å². The fraction of sp³-hybridized carbons (Fsp3) is 0.362. The molecule has 0 spiro atoms. The van der Waals surface area contributed by atoms with E-state index in [1.165, 1.54) is 45.0 Å². The number of methoxy groups -OCH3 is 1. The number of benzene rings is 3. The maximum absolute atomic E-state index is 15.9. The maximum Gasteiger partial charge on any atom is 0.387 e. The highest BCUT2D eigenvalue weighted by molar-refractivity contribution is 6.01. The minimum Gasteiger partial charge on any atom is -0.466 e. The number of rotatable bonds is 18. The van der Waals surface area contributed by atoms with Crippen LogP contribution in [0.25, 0.3) is 0 Å². The van der Waals surface area contributed by atoms with Crippen LogP contribution in [0.1, 0.15) is 70.1 Å². The molecule has 65 heavy (non-hydrogen) atoms. The van der Waals surface area contributed by atoms with Crippen LogP contribution in [0.5, 0.6) is 5.75 Å². The molecule has 15 nitrogen and oxygen atoms in total. The predicted molar refractivity (Wildman–Crippen MR) is 230 cm³/mol. The van der Waals surface area contributed by atoms with E-state index in [1.807, 2.05) is 51.2 Å². The highest BCUT2D eigenvalue weighted by Gasteiger charge is 2.42. The largest absolute Gasteiger partial charge is 0.466 e. The zero-order chi connectivity index (χ0) is 47.7. The van der Waals surface area contributed by atoms with Gasteiger partial charge in [-0.1, -0.05) is 62.4 Å². The van der Waals surface area contributed by atoms with Crippen molar-refractivity contribution in [2.75, 3.05) is 40.5 Å². The summed E-state index contributed by atoms with van der Waals surface area (Å²) in [4.78, 5) is 68.4. The lowest BCUT2D eigenvalue weighted by Crippen LogP contribution is -2.37. The number of esters is 4. The van der Waals surface area contributed by atoms with Gasteiger partial charge in [-0.3, -0.25) is 10.1 Å². The zero-order valence-corrected chi connectivity index (χ0v) is 37.2. The Bertz CT molecular complexity index is 2460. The van der Waals surface area contributed by atoms with Crippen LogP contribution in [0, 0.1) is 21.3 Å². The first-order valence-electron chi connectivity index (χ1n) is 20.4. The summed E-state index contributed by atoms with van der Waals surface area (Å²) in [6.45, 7) is 6.50. The van der Waals surface area contributed by atoms with Crippen molar-refractivity contribution in [3.63, 3.8) is 0 Å². The minimum atomic E-state index is -3.23. The number of para-hydroxylation sites is 1. The fourth-order valence-electron chi connectivity index (χ4n) is 8.08. The molecule has 2 aliphatic heterocycles. The predicted octanol–water partition coefficient (Wildman–Crippen LogP) is 7.47. The van der Waals surface area contributed by atoms with Gasteiger partial charge in [-0.05, 0) is 52.4 Å². The molecule has 0 bridgehead atoms. The van der Waals surface area contributed by atoms with Crippen molar-refractivity contribution in [2.45, 2.75) is 66.5 Å². The summed E-state index contributed by atoms with van der Waals surface area (Å²) >= 11 is 0. The number of carbonyl (C=O) groups excluding carboxylic acids is 4. The lowest BCUT2D eigenvalue weighted by Gasteiger charge is -2.33. The Labute approximate surface area is 374 Å². The third-order valence-electron chi connectivity index (χ3n) is 10.7. The number of halogens is 3. The molecule has 0 saturated carbocycles. The molecular weight excluding hydrogens is 854 g/mol. The summed E-state index contributed by atoms with van der Waals surface area (Å²) in [5, 5.41) is 17.8. The van der Waals surface area contributed by atoms with Crippen molar-refractivity contribution >= 4 is 29.6 Å². The van der Waals surface area contributed by atoms with Crippen molar-refractivity contribution in [1.29, 1.82) is 0 Å². The molecule has 3 aromatic rings. The van der Waals surface area contributed by atoms with Crippen LogP contribution in [0.3, 0.4) is 0 Å². The van der Waals surface area contributed by atoms with E-state index in [-0.39, 0.29) is 68.6 Å². The monoisotopic (exact) mass is 904 g/mol. The zero-order valence-electron chi connectivity index (χ0n) is 37.2. The summed E-state index contributed by atoms with van der Waals surface area (Å²) in [5.74, 6) is -7.97. The van der Waals surface area contributed by atoms with Crippen molar-refractivity contribution < 1.29 is 61.0 Å². The van der Waals surface area contributed by atoms with Gasteiger partial charge in [-0.25, -0.2) is 23.6 Å². The Hall–Kier alpha value is -6.95. The molecule has 5 rings (SSSR count). The van der Waals surface area contributed by atoms with Gasteiger partial charge < -0.3 is 39.2 Å². The van der Waals surface area contributed by atoms with Crippen LogP contribution < -0.4 is 15.4 Å². The van der Waals surface area contributed by atoms with Gasteiger partial charge in [0.25, 0.3) is 5.69 Å². The van der Waals surface area contributed by atoms with Crippen molar-refractivity contribution in [2.24, 2.45) is 5.41 Å². The van der Waals surface area contributed by atoms with Crippen molar-refractivity contribution in [3.8, 4) is 5.75 Å². The smallest absolute Gasteiger partial charge is 0.387 e. The van der Waals surface area contributed by atoms with Crippen LogP contribution in [-0.2, 0) is 44.7 Å². The minimum absolute atomic E-state index is 0.0371. The topological polar surface area (TPSA) is 185 Å². The molecule has 0 fully saturated rings. The Morgan fingerprint density at radius 2 is 1.23 bits per heavy atom. The maximum atomic E-state index is 15.9. The van der Waals surface area contributed by atoms with Gasteiger partial charge in [-0.2, -0.15) is 8.78 Å². The summed E-state index contributed by atoms with van der Waals surface area (Å²) in [7, 11) is 3.05. The fourth-order valence-corrected chi connectivity index (χ4v) is 8.08. The number of allylic oxidation sites excluding steroid dienone is 4. The molecule has 3 aromatic carbocycles. The summed E-state index contributed by atoms with van der Waals surface area (Å²) in [6.07, 6.45) is 0. The average molecular weight is 905 g/mol. The number of hydrogen-bond acceptors (Lipinski definition) is 14. The normalized spacial score (nSPS) is 16.6. The van der Waals surface area contributed by atoms with E-state index < -0.39 is 77.4 Å². The summed E-state index contributed by atoms with van der Waals surface area (Å²) in [5.41, 5.74) is -0.211. The van der Waals surface area contributed by atoms with Crippen LogP contribution >= 0.6 is 0 Å². The first kappa shape index (κ1) is 49.1. The molecule has 0 radical (unpaired) electrons. The second kappa shape index (κ2) is 21.2. The van der Waals surface area contributed by atoms with Gasteiger partial charge >= 0.3 is 30.5 Å². The number of nitro benzene ring substituents is 1. The molecule has 0 amide bonds. The number of nitrogens with one attached hydrogen (secondary N) is 2. The van der Waals surface area contributed by atoms with E-state index >= 15 is 4.39 Å². The molecule has 346 valence electrons. The van der Waals surface area contributed by atoms with E-state index in [2.05, 4.69) is 15.5 Å². The van der Waals surface area contributed by atoms with Crippen LogP contribution in [0.4, 0.5) is 18.9 Å². The van der Waals surface area contributed by atoms with Gasteiger partial charge in [0.2, 0.25) is 0 Å². The molecule has 2 aliphatic rings. The number of hydrogen-bond donors (Lipinski definition) is 2. The van der Waals surface area contributed by atoms with E-state index in [1.54, 1.807) is 6.92 Å². The Morgan fingerprint density at radius 1 is 0.738 bits per heavy atom. The number of nitrogens with zero attached hydrogens (tertiary/aromatic N) is 2. The number of nitro groups is 1. The molecule has 0 saturated heterocycles. The van der Waals surface area contributed by atoms with Crippen LogP contribution in [-0.4, -0.2) is 80.8 Å². The summed E-state index contributed by atoms with van der Waals surface area (Å²) in [6, 6.07) is 18.2. The number of dihydropyridines is 2. The van der Waals surface area contributed by atoms with Gasteiger partial charge in [0, 0.05) is 64.6 Å². The van der Waals surface area contributed by atoms with Gasteiger partial charge in [0.05, 0.1) is 52.8 Å². The highest BCUT2D eigenvalue weighted by atomic mass is 19.3. The SMILES string of the molecule is COC(=O)C1=C(C)NC(C)=C(C(=O)OCCOC(=O)C2=C(C)NC(C)=C(C(=O)OCC(C)(C)CN(C)Cc3ccccc3)C2c2cc([N+](=O)[O-])ccc2F)C1c1ccccc1OC(F)F. The van der Waals surface area contributed by atoms with E-state index in [4.69, 9.17) is 23.7 Å². The lowest BCUT2D eigenvalue weighted by molar-refractivity contribution is -0.385. The molecule has 0 aliphatic carbocycles. The Kier molecular flexibility index (Phi) is 16.0. The Balaban J connectivity index is 1.37. The van der Waals surface area contributed by atoms with E-state index in [0.29, 0.717) is 13.1 Å². The van der Waals surface area contributed by atoms with E-state index in [9.17, 15) is 38.1 Å². The van der Waals surface area contributed by atoms with Crippen LogP contribution in [0.2, 0.25) is 0 Å². The van der Waals surface area contributed by atoms with Crippen molar-refractivity contribution in [1.82, 2.24) is 15.5 Å². The Morgan fingerprint density at radius 3 is 1.75 bits per heavy atom. The quantitative estimate of drug-likeness (QED) is 0.0421. The number of ether oxygens (including phenoxy) is 5. The lowest BCUT2D eigenvalue weighted by atomic mass is 9.80. The first-order valence-corrected chi connectivity index (χ1v) is 20.4. The van der Waals surface area contributed by atoms with E-state index in [0.717, 1.165) is 30.9 Å². The molecule has 2 atom stereocenters. The standard InChI is InChI=1S/C47H51F3N4O11/c1-26-36(42(55)61-8)40(32-16-12-13-17-35(32)65-46(49)50)37(27(2)51-26)43(56)62-20-21-63-44(57)38-28(3)52-29(4)39(41(38)33-22-31(54(59)60)18-19-34(33)48)45(58)64-25-47(5,6)24-53(7)23-30-14-10-9-11-15-30/h9-19,22,40-41,46,51-52H,20-21,23-25H2,1-8H3.